The molecule has 0 spiro atoms. The first-order valence-corrected chi connectivity index (χ1v) is 7.57. The Kier molecular flexibility index (Phi) is 3.97. The minimum absolute atomic E-state index is 0.676. The third-order valence-electron chi connectivity index (χ3n) is 3.33. The Bertz CT molecular complexity index is 545. The molecule has 0 unspecified atom stereocenters. The highest BCUT2D eigenvalue weighted by atomic mass is 32.1. The SMILES string of the molecule is COCc1cccc(-c2ccc(CNC3CC3)s2)c1. The van der Waals surface area contributed by atoms with Gasteiger partial charge in [0.2, 0.25) is 0 Å². The molecule has 3 rings (SSSR count). The first kappa shape index (κ1) is 12.9. The summed E-state index contributed by atoms with van der Waals surface area (Å²) in [5, 5.41) is 3.56. The molecule has 3 heteroatoms. The molecule has 1 aliphatic rings. The van der Waals surface area contributed by atoms with E-state index in [0.717, 1.165) is 12.6 Å². The van der Waals surface area contributed by atoms with Gasteiger partial charge in [-0.15, -0.1) is 11.3 Å². The van der Waals surface area contributed by atoms with Crippen molar-refractivity contribution >= 4 is 11.3 Å². The fourth-order valence-corrected chi connectivity index (χ4v) is 3.10. The largest absolute Gasteiger partial charge is 0.380 e. The first-order valence-electron chi connectivity index (χ1n) is 6.75. The van der Waals surface area contributed by atoms with E-state index in [2.05, 4.69) is 41.7 Å². The third-order valence-corrected chi connectivity index (χ3v) is 4.46. The van der Waals surface area contributed by atoms with Crippen molar-refractivity contribution < 1.29 is 4.74 Å². The van der Waals surface area contributed by atoms with Gasteiger partial charge in [-0.1, -0.05) is 18.2 Å². The van der Waals surface area contributed by atoms with Crippen molar-refractivity contribution in [2.45, 2.75) is 32.0 Å². The lowest BCUT2D eigenvalue weighted by molar-refractivity contribution is 0.185. The van der Waals surface area contributed by atoms with Crippen molar-refractivity contribution in [1.82, 2.24) is 5.32 Å². The summed E-state index contributed by atoms with van der Waals surface area (Å²) in [6, 6.07) is 13.8. The number of nitrogens with one attached hydrogen (secondary N) is 1. The van der Waals surface area contributed by atoms with Crippen LogP contribution in [-0.2, 0) is 17.9 Å². The van der Waals surface area contributed by atoms with Crippen LogP contribution in [-0.4, -0.2) is 13.2 Å². The molecule has 1 aromatic carbocycles. The standard InChI is InChI=1S/C16H19NOS/c1-18-11-12-3-2-4-13(9-12)16-8-7-15(19-16)10-17-14-5-6-14/h2-4,7-9,14,17H,5-6,10-11H2,1H3. The van der Waals surface area contributed by atoms with E-state index in [1.165, 1.54) is 33.7 Å². The summed E-state index contributed by atoms with van der Waals surface area (Å²) in [6.45, 7) is 1.68. The zero-order valence-electron chi connectivity index (χ0n) is 11.2. The van der Waals surface area contributed by atoms with Crippen molar-refractivity contribution in [2.24, 2.45) is 0 Å². The summed E-state index contributed by atoms with van der Waals surface area (Å²) in [5.41, 5.74) is 2.52. The van der Waals surface area contributed by atoms with Crippen molar-refractivity contribution in [3.8, 4) is 10.4 Å². The Hall–Kier alpha value is -1.16. The summed E-state index contributed by atoms with van der Waals surface area (Å²) < 4.78 is 5.19. The van der Waals surface area contributed by atoms with Gasteiger partial charge in [-0.3, -0.25) is 0 Å². The molecule has 0 saturated heterocycles. The fraction of sp³-hybridized carbons (Fsp3) is 0.375. The second-order valence-corrected chi connectivity index (χ2v) is 6.22. The van der Waals surface area contributed by atoms with E-state index in [1.807, 2.05) is 11.3 Å². The topological polar surface area (TPSA) is 21.3 Å². The van der Waals surface area contributed by atoms with E-state index < -0.39 is 0 Å². The van der Waals surface area contributed by atoms with E-state index in [9.17, 15) is 0 Å². The molecule has 2 nitrogen and oxygen atoms in total. The smallest absolute Gasteiger partial charge is 0.0713 e. The number of benzene rings is 1. The highest BCUT2D eigenvalue weighted by molar-refractivity contribution is 7.15. The van der Waals surface area contributed by atoms with Crippen LogP contribution in [0, 0.1) is 0 Å². The average Bonchev–Trinajstić information content (AvgIpc) is 3.14. The molecular formula is C16H19NOS. The molecule has 0 bridgehead atoms. The molecule has 1 fully saturated rings. The van der Waals surface area contributed by atoms with Crippen LogP contribution in [0.25, 0.3) is 10.4 Å². The van der Waals surface area contributed by atoms with Crippen LogP contribution in [0.5, 0.6) is 0 Å². The summed E-state index contributed by atoms with van der Waals surface area (Å²) >= 11 is 1.88. The average molecular weight is 273 g/mol. The molecular weight excluding hydrogens is 254 g/mol. The van der Waals surface area contributed by atoms with Gasteiger partial charge in [-0.2, -0.15) is 0 Å². The first-order chi connectivity index (χ1) is 9.35. The lowest BCUT2D eigenvalue weighted by Gasteiger charge is -2.03. The van der Waals surface area contributed by atoms with Gasteiger partial charge in [0.15, 0.2) is 0 Å². The van der Waals surface area contributed by atoms with Crippen LogP contribution in [0.2, 0.25) is 0 Å². The number of hydrogen-bond donors (Lipinski definition) is 1. The predicted molar refractivity (Wildman–Crippen MR) is 80.3 cm³/mol. The van der Waals surface area contributed by atoms with Crippen LogP contribution >= 0.6 is 11.3 Å². The van der Waals surface area contributed by atoms with Crippen molar-refractivity contribution in [1.29, 1.82) is 0 Å². The predicted octanol–water partition coefficient (Wildman–Crippen LogP) is 3.81. The molecule has 2 aromatic rings. The molecule has 19 heavy (non-hydrogen) atoms. The molecule has 1 N–H and O–H groups in total. The highest BCUT2D eigenvalue weighted by Crippen LogP contribution is 2.29. The molecule has 100 valence electrons. The van der Waals surface area contributed by atoms with Gasteiger partial charge in [-0.05, 0) is 42.2 Å². The third kappa shape index (κ3) is 3.44. The van der Waals surface area contributed by atoms with Gasteiger partial charge >= 0.3 is 0 Å². The monoisotopic (exact) mass is 273 g/mol. The lowest BCUT2D eigenvalue weighted by atomic mass is 10.1. The number of hydrogen-bond acceptors (Lipinski definition) is 3. The number of ether oxygens (including phenoxy) is 1. The van der Waals surface area contributed by atoms with Gasteiger partial charge in [-0.25, -0.2) is 0 Å². The van der Waals surface area contributed by atoms with Gasteiger partial charge in [0, 0.05) is 29.5 Å². The van der Waals surface area contributed by atoms with Gasteiger partial charge < -0.3 is 10.1 Å². The quantitative estimate of drug-likeness (QED) is 0.864. The van der Waals surface area contributed by atoms with E-state index in [0.29, 0.717) is 6.61 Å². The van der Waals surface area contributed by atoms with Crippen molar-refractivity contribution in [2.75, 3.05) is 7.11 Å². The zero-order chi connectivity index (χ0) is 13.1. The van der Waals surface area contributed by atoms with Gasteiger partial charge in [0.25, 0.3) is 0 Å². The maximum atomic E-state index is 5.19. The minimum atomic E-state index is 0.676. The Balaban J connectivity index is 1.71. The Labute approximate surface area is 118 Å². The van der Waals surface area contributed by atoms with Crippen molar-refractivity contribution in [3.63, 3.8) is 0 Å². The maximum absolute atomic E-state index is 5.19. The van der Waals surface area contributed by atoms with E-state index in [-0.39, 0.29) is 0 Å². The van der Waals surface area contributed by atoms with Crippen LogP contribution in [0.3, 0.4) is 0 Å². The molecule has 0 atom stereocenters. The maximum Gasteiger partial charge on any atom is 0.0713 e. The van der Waals surface area contributed by atoms with Gasteiger partial charge in [0.1, 0.15) is 0 Å². The second kappa shape index (κ2) is 5.87. The van der Waals surface area contributed by atoms with Crippen LogP contribution < -0.4 is 5.32 Å². The fourth-order valence-electron chi connectivity index (χ4n) is 2.14. The highest BCUT2D eigenvalue weighted by Gasteiger charge is 2.20. The summed E-state index contributed by atoms with van der Waals surface area (Å²) in [5.74, 6) is 0. The van der Waals surface area contributed by atoms with Gasteiger partial charge in [0.05, 0.1) is 6.61 Å². The van der Waals surface area contributed by atoms with E-state index >= 15 is 0 Å². The van der Waals surface area contributed by atoms with Crippen LogP contribution in [0.4, 0.5) is 0 Å². The van der Waals surface area contributed by atoms with E-state index in [4.69, 9.17) is 4.74 Å². The zero-order valence-corrected chi connectivity index (χ0v) is 12.0. The molecule has 1 aromatic heterocycles. The normalized spacial score (nSPS) is 14.8. The van der Waals surface area contributed by atoms with Crippen LogP contribution in [0.1, 0.15) is 23.3 Å². The Morgan fingerprint density at radius 3 is 2.95 bits per heavy atom. The summed E-state index contributed by atoms with van der Waals surface area (Å²) in [6.07, 6.45) is 2.69. The molecule has 1 heterocycles. The second-order valence-electron chi connectivity index (χ2n) is 5.05. The minimum Gasteiger partial charge on any atom is -0.380 e. The Morgan fingerprint density at radius 2 is 2.16 bits per heavy atom. The van der Waals surface area contributed by atoms with Crippen LogP contribution in [0.15, 0.2) is 36.4 Å². The summed E-state index contributed by atoms with van der Waals surface area (Å²) in [7, 11) is 1.74. The van der Waals surface area contributed by atoms with E-state index in [1.54, 1.807) is 7.11 Å². The molecule has 1 saturated carbocycles. The van der Waals surface area contributed by atoms with Crippen molar-refractivity contribution in [3.05, 3.63) is 46.8 Å². The summed E-state index contributed by atoms with van der Waals surface area (Å²) in [4.78, 5) is 2.75. The number of thiophene rings is 1. The molecule has 0 aliphatic heterocycles. The lowest BCUT2D eigenvalue weighted by Crippen LogP contribution is -2.14. The number of methoxy groups -OCH3 is 1. The Morgan fingerprint density at radius 1 is 1.26 bits per heavy atom. The molecule has 1 aliphatic carbocycles. The molecule has 0 radical (unpaired) electrons. The molecule has 0 amide bonds. The number of rotatable bonds is 6.